The lowest BCUT2D eigenvalue weighted by atomic mass is 9.88. The molecule has 0 spiro atoms. The topological polar surface area (TPSA) is 40.5 Å². The quantitative estimate of drug-likeness (QED) is 0.913. The van der Waals surface area contributed by atoms with Crippen molar-refractivity contribution >= 4 is 5.97 Å². The Morgan fingerprint density at radius 2 is 1.71 bits per heavy atom. The monoisotopic (exact) mass is 301 g/mol. The summed E-state index contributed by atoms with van der Waals surface area (Å²) in [5.41, 5.74) is -0.648. The van der Waals surface area contributed by atoms with E-state index in [9.17, 15) is 23.1 Å². The van der Waals surface area contributed by atoms with Crippen LogP contribution in [0.4, 0.5) is 13.2 Å². The number of carboxylic acid groups (broad SMARTS) is 1. The molecule has 1 heterocycles. The summed E-state index contributed by atoms with van der Waals surface area (Å²) in [6.45, 7) is 6.16. The lowest BCUT2D eigenvalue weighted by Crippen LogP contribution is -2.40. The van der Waals surface area contributed by atoms with Gasteiger partial charge in [-0.3, -0.25) is 9.69 Å². The van der Waals surface area contributed by atoms with E-state index in [2.05, 4.69) is 0 Å². The average molecular weight is 301 g/mol. The van der Waals surface area contributed by atoms with Gasteiger partial charge in [0.2, 0.25) is 0 Å². The smallest absolute Gasteiger partial charge is 0.308 e. The molecule has 3 nitrogen and oxygen atoms in total. The molecule has 1 aromatic rings. The minimum absolute atomic E-state index is 0.208. The van der Waals surface area contributed by atoms with Crippen LogP contribution in [0.2, 0.25) is 0 Å². The molecule has 1 saturated heterocycles. The molecular weight excluding hydrogens is 283 g/mol. The fourth-order valence-corrected chi connectivity index (χ4v) is 2.80. The second-order valence-corrected chi connectivity index (χ2v) is 6.41. The van der Waals surface area contributed by atoms with Crippen LogP contribution < -0.4 is 0 Å². The van der Waals surface area contributed by atoms with E-state index in [1.807, 2.05) is 25.7 Å². The van der Waals surface area contributed by atoms with E-state index < -0.39 is 35.3 Å². The molecule has 0 amide bonds. The highest BCUT2D eigenvalue weighted by Gasteiger charge is 2.44. The Balaban J connectivity index is 2.44. The fourth-order valence-electron chi connectivity index (χ4n) is 2.80. The van der Waals surface area contributed by atoms with Crippen molar-refractivity contribution in [2.75, 3.05) is 13.1 Å². The molecule has 1 aliphatic heterocycles. The molecule has 0 radical (unpaired) electrons. The summed E-state index contributed by atoms with van der Waals surface area (Å²) in [6, 6.07) is 1.19. The van der Waals surface area contributed by atoms with Gasteiger partial charge in [-0.15, -0.1) is 0 Å². The Kier molecular flexibility index (Phi) is 4.02. The summed E-state index contributed by atoms with van der Waals surface area (Å²) in [5, 5.41) is 9.32. The first kappa shape index (κ1) is 15.8. The maximum atomic E-state index is 13.9. The number of aliphatic carboxylic acids is 1. The molecule has 0 aromatic heterocycles. The standard InChI is InChI=1S/C15H18F3NO2/c1-15(2,3)19-6-9(10(7-19)14(20)21)13-11(17)4-8(16)5-12(13)18/h4-5,9-10H,6-7H2,1-3H3,(H,20,21)/t9-,10-/m0/s1. The molecule has 2 atom stereocenters. The predicted molar refractivity (Wildman–Crippen MR) is 71.5 cm³/mol. The lowest BCUT2D eigenvalue weighted by molar-refractivity contribution is -0.141. The number of hydrogen-bond donors (Lipinski definition) is 1. The van der Waals surface area contributed by atoms with Crippen molar-refractivity contribution in [3.05, 3.63) is 35.1 Å². The van der Waals surface area contributed by atoms with Gasteiger partial charge in [0.25, 0.3) is 0 Å². The summed E-state index contributed by atoms with van der Waals surface area (Å²) < 4.78 is 40.9. The van der Waals surface area contributed by atoms with Gasteiger partial charge in [0, 0.05) is 42.2 Å². The molecule has 21 heavy (non-hydrogen) atoms. The van der Waals surface area contributed by atoms with E-state index in [4.69, 9.17) is 0 Å². The van der Waals surface area contributed by atoms with Crippen molar-refractivity contribution in [2.24, 2.45) is 5.92 Å². The Hall–Kier alpha value is -1.56. The van der Waals surface area contributed by atoms with Crippen molar-refractivity contribution in [1.29, 1.82) is 0 Å². The highest BCUT2D eigenvalue weighted by molar-refractivity contribution is 5.72. The third-order valence-corrected chi connectivity index (χ3v) is 4.00. The van der Waals surface area contributed by atoms with Crippen LogP contribution in [0.5, 0.6) is 0 Å². The van der Waals surface area contributed by atoms with E-state index in [1.165, 1.54) is 0 Å². The van der Waals surface area contributed by atoms with Gasteiger partial charge in [-0.1, -0.05) is 0 Å². The van der Waals surface area contributed by atoms with Crippen LogP contribution in [-0.2, 0) is 4.79 Å². The van der Waals surface area contributed by atoms with Crippen LogP contribution in [0.3, 0.4) is 0 Å². The van der Waals surface area contributed by atoms with Crippen LogP contribution in [0, 0.1) is 23.4 Å². The Labute approximate surface area is 121 Å². The Morgan fingerprint density at radius 1 is 1.19 bits per heavy atom. The summed E-state index contributed by atoms with van der Waals surface area (Å²) in [7, 11) is 0. The van der Waals surface area contributed by atoms with Gasteiger partial charge in [0.1, 0.15) is 17.5 Å². The van der Waals surface area contributed by atoms with E-state index >= 15 is 0 Å². The van der Waals surface area contributed by atoms with E-state index in [-0.39, 0.29) is 24.2 Å². The third-order valence-electron chi connectivity index (χ3n) is 4.00. The van der Waals surface area contributed by atoms with Gasteiger partial charge < -0.3 is 5.11 Å². The molecule has 1 aromatic carbocycles. The lowest BCUT2D eigenvalue weighted by Gasteiger charge is -2.31. The number of hydrogen-bond acceptors (Lipinski definition) is 2. The third kappa shape index (κ3) is 3.05. The second-order valence-electron chi connectivity index (χ2n) is 6.41. The Bertz CT molecular complexity index is 546. The van der Waals surface area contributed by atoms with Crippen molar-refractivity contribution < 1.29 is 23.1 Å². The number of halogens is 3. The number of rotatable bonds is 2. The first-order valence-corrected chi connectivity index (χ1v) is 6.73. The second kappa shape index (κ2) is 5.33. The zero-order valence-corrected chi connectivity index (χ0v) is 12.2. The highest BCUT2D eigenvalue weighted by atomic mass is 19.1. The van der Waals surface area contributed by atoms with Gasteiger partial charge in [-0.2, -0.15) is 0 Å². The molecule has 0 bridgehead atoms. The van der Waals surface area contributed by atoms with Crippen molar-refractivity contribution in [2.45, 2.75) is 32.2 Å². The van der Waals surface area contributed by atoms with Gasteiger partial charge >= 0.3 is 5.97 Å². The summed E-state index contributed by atoms with van der Waals surface area (Å²) in [6.07, 6.45) is 0. The van der Waals surface area contributed by atoms with Crippen molar-refractivity contribution in [1.82, 2.24) is 4.90 Å². The average Bonchev–Trinajstić information content (AvgIpc) is 2.71. The molecule has 0 saturated carbocycles. The number of likely N-dealkylation sites (tertiary alicyclic amines) is 1. The predicted octanol–water partition coefficient (Wildman–Crippen LogP) is 3.00. The number of nitrogens with zero attached hydrogens (tertiary/aromatic N) is 1. The van der Waals surface area contributed by atoms with Crippen molar-refractivity contribution in [3.63, 3.8) is 0 Å². The first-order chi connectivity index (χ1) is 9.61. The zero-order chi connectivity index (χ0) is 15.9. The summed E-state index contributed by atoms with van der Waals surface area (Å²) in [5.74, 6) is -5.92. The molecule has 116 valence electrons. The first-order valence-electron chi connectivity index (χ1n) is 6.73. The van der Waals surface area contributed by atoms with Gasteiger partial charge in [0.15, 0.2) is 0 Å². The van der Waals surface area contributed by atoms with Crippen LogP contribution in [0.25, 0.3) is 0 Å². The van der Waals surface area contributed by atoms with E-state index in [1.54, 1.807) is 0 Å². The molecule has 1 aliphatic rings. The van der Waals surface area contributed by atoms with Gasteiger partial charge in [-0.25, -0.2) is 13.2 Å². The Morgan fingerprint density at radius 3 is 2.14 bits per heavy atom. The maximum absolute atomic E-state index is 13.9. The van der Waals surface area contributed by atoms with Crippen molar-refractivity contribution in [3.8, 4) is 0 Å². The number of carbonyl (C=O) groups is 1. The largest absolute Gasteiger partial charge is 0.481 e. The number of benzene rings is 1. The fraction of sp³-hybridized carbons (Fsp3) is 0.533. The minimum Gasteiger partial charge on any atom is -0.481 e. The van der Waals surface area contributed by atoms with Crippen LogP contribution in [0.15, 0.2) is 12.1 Å². The highest BCUT2D eigenvalue weighted by Crippen LogP contribution is 2.38. The molecule has 1 N–H and O–H groups in total. The normalized spacial score (nSPS) is 23.5. The molecule has 2 rings (SSSR count). The van der Waals surface area contributed by atoms with Crippen LogP contribution >= 0.6 is 0 Å². The van der Waals surface area contributed by atoms with Gasteiger partial charge in [0.05, 0.1) is 5.92 Å². The molecule has 0 unspecified atom stereocenters. The zero-order valence-electron chi connectivity index (χ0n) is 12.2. The molecule has 6 heteroatoms. The summed E-state index contributed by atoms with van der Waals surface area (Å²) >= 11 is 0. The SMILES string of the molecule is CC(C)(C)N1C[C@H](C(=O)O)[C@@H](c2c(F)cc(F)cc2F)C1. The van der Waals surface area contributed by atoms with Crippen LogP contribution in [-0.4, -0.2) is 34.6 Å². The number of carboxylic acids is 1. The molecular formula is C15H18F3NO2. The minimum atomic E-state index is -1.10. The maximum Gasteiger partial charge on any atom is 0.308 e. The van der Waals surface area contributed by atoms with Crippen LogP contribution in [0.1, 0.15) is 32.3 Å². The van der Waals surface area contributed by atoms with E-state index in [0.717, 1.165) is 0 Å². The molecule has 1 fully saturated rings. The van der Waals surface area contributed by atoms with E-state index in [0.29, 0.717) is 12.1 Å². The summed E-state index contributed by atoms with van der Waals surface area (Å²) in [4.78, 5) is 13.3. The van der Waals surface area contributed by atoms with Gasteiger partial charge in [-0.05, 0) is 20.8 Å². The molecule has 0 aliphatic carbocycles.